The molecule has 0 atom stereocenters. The van der Waals surface area contributed by atoms with Crippen LogP contribution in [0.25, 0.3) is 0 Å². The SMILES string of the molecule is COCCOCCC(=O)NCCCC(=O)O. The summed E-state index contributed by atoms with van der Waals surface area (Å²) >= 11 is 0. The molecule has 0 saturated heterocycles. The van der Waals surface area contributed by atoms with E-state index in [9.17, 15) is 9.59 Å². The van der Waals surface area contributed by atoms with Crippen molar-refractivity contribution in [3.8, 4) is 0 Å². The van der Waals surface area contributed by atoms with E-state index in [4.69, 9.17) is 14.6 Å². The Morgan fingerprint density at radius 2 is 1.94 bits per heavy atom. The number of carboxylic acid groups (broad SMARTS) is 1. The van der Waals surface area contributed by atoms with Gasteiger partial charge in [-0.3, -0.25) is 9.59 Å². The number of aliphatic carboxylic acids is 1. The van der Waals surface area contributed by atoms with Crippen LogP contribution >= 0.6 is 0 Å². The standard InChI is InChI=1S/C10H19NO5/c1-15-7-8-16-6-4-9(12)11-5-2-3-10(13)14/h2-8H2,1H3,(H,11,12)(H,13,14). The number of carbonyl (C=O) groups is 2. The number of hydrogen-bond acceptors (Lipinski definition) is 4. The van der Waals surface area contributed by atoms with E-state index < -0.39 is 5.97 Å². The van der Waals surface area contributed by atoms with Crippen molar-refractivity contribution >= 4 is 11.9 Å². The molecule has 6 heteroatoms. The van der Waals surface area contributed by atoms with Crippen LogP contribution in [0, 0.1) is 0 Å². The van der Waals surface area contributed by atoms with Gasteiger partial charge in [0, 0.05) is 26.5 Å². The third-order valence-corrected chi connectivity index (χ3v) is 1.79. The van der Waals surface area contributed by atoms with E-state index in [2.05, 4.69) is 5.32 Å². The Morgan fingerprint density at radius 3 is 2.56 bits per heavy atom. The summed E-state index contributed by atoms with van der Waals surface area (Å²) in [5.74, 6) is -0.972. The Balaban J connectivity index is 3.21. The second kappa shape index (κ2) is 10.4. The summed E-state index contributed by atoms with van der Waals surface area (Å²) in [6, 6.07) is 0. The highest BCUT2D eigenvalue weighted by atomic mass is 16.5. The van der Waals surface area contributed by atoms with E-state index in [1.807, 2.05) is 0 Å². The summed E-state index contributed by atoms with van der Waals surface area (Å²) in [6.45, 7) is 1.74. The summed E-state index contributed by atoms with van der Waals surface area (Å²) in [5.41, 5.74) is 0. The Morgan fingerprint density at radius 1 is 1.19 bits per heavy atom. The number of methoxy groups -OCH3 is 1. The highest BCUT2D eigenvalue weighted by Crippen LogP contribution is 1.88. The van der Waals surface area contributed by atoms with Crippen molar-refractivity contribution in [3.63, 3.8) is 0 Å². The van der Waals surface area contributed by atoms with E-state index in [0.717, 1.165) is 0 Å². The molecule has 0 heterocycles. The number of amides is 1. The fourth-order valence-electron chi connectivity index (χ4n) is 0.965. The molecule has 0 unspecified atom stereocenters. The first-order chi connectivity index (χ1) is 7.66. The minimum Gasteiger partial charge on any atom is -0.481 e. The van der Waals surface area contributed by atoms with Gasteiger partial charge in [-0.25, -0.2) is 0 Å². The Hall–Kier alpha value is -1.14. The molecular weight excluding hydrogens is 214 g/mol. The lowest BCUT2D eigenvalue weighted by molar-refractivity contribution is -0.137. The topological polar surface area (TPSA) is 84.9 Å². The van der Waals surface area contributed by atoms with Crippen LogP contribution in [-0.4, -0.2) is 50.5 Å². The van der Waals surface area contributed by atoms with Gasteiger partial charge < -0.3 is 19.9 Å². The first-order valence-corrected chi connectivity index (χ1v) is 5.22. The lowest BCUT2D eigenvalue weighted by Gasteiger charge is -2.05. The van der Waals surface area contributed by atoms with Crippen LogP contribution in [0.15, 0.2) is 0 Å². The number of rotatable bonds is 10. The summed E-state index contributed by atoms with van der Waals surface area (Å²) in [5, 5.41) is 11.0. The van der Waals surface area contributed by atoms with Crippen LogP contribution in [0.1, 0.15) is 19.3 Å². The van der Waals surface area contributed by atoms with Crippen LogP contribution < -0.4 is 5.32 Å². The summed E-state index contributed by atoms with van der Waals surface area (Å²) in [7, 11) is 1.58. The quantitative estimate of drug-likeness (QED) is 0.520. The van der Waals surface area contributed by atoms with E-state index >= 15 is 0 Å². The van der Waals surface area contributed by atoms with Crippen LogP contribution in [-0.2, 0) is 19.1 Å². The Labute approximate surface area is 94.9 Å². The summed E-state index contributed by atoms with van der Waals surface area (Å²) < 4.78 is 9.88. The zero-order valence-corrected chi connectivity index (χ0v) is 9.53. The third-order valence-electron chi connectivity index (χ3n) is 1.79. The van der Waals surface area contributed by atoms with Gasteiger partial charge in [-0.05, 0) is 6.42 Å². The summed E-state index contributed by atoms with van der Waals surface area (Å²) in [4.78, 5) is 21.3. The number of ether oxygens (including phenoxy) is 2. The minimum atomic E-state index is -0.850. The molecule has 0 spiro atoms. The van der Waals surface area contributed by atoms with Gasteiger partial charge in [-0.1, -0.05) is 0 Å². The molecule has 0 bridgehead atoms. The molecule has 0 radical (unpaired) electrons. The zero-order valence-electron chi connectivity index (χ0n) is 9.53. The smallest absolute Gasteiger partial charge is 0.303 e. The van der Waals surface area contributed by atoms with Gasteiger partial charge >= 0.3 is 5.97 Å². The van der Waals surface area contributed by atoms with E-state index in [-0.39, 0.29) is 18.7 Å². The molecule has 0 rings (SSSR count). The fourth-order valence-corrected chi connectivity index (χ4v) is 0.965. The van der Waals surface area contributed by atoms with Crippen molar-refractivity contribution in [2.24, 2.45) is 0 Å². The maximum Gasteiger partial charge on any atom is 0.303 e. The average molecular weight is 233 g/mol. The predicted octanol–water partition coefficient (Wildman–Crippen LogP) is 0.0205. The van der Waals surface area contributed by atoms with Crippen molar-refractivity contribution in [1.29, 1.82) is 0 Å². The van der Waals surface area contributed by atoms with Crippen LogP contribution in [0.3, 0.4) is 0 Å². The van der Waals surface area contributed by atoms with Gasteiger partial charge in [0.2, 0.25) is 5.91 Å². The number of nitrogens with one attached hydrogen (secondary N) is 1. The third kappa shape index (κ3) is 10.9. The molecule has 94 valence electrons. The lowest BCUT2D eigenvalue weighted by atomic mass is 10.3. The Kier molecular flexibility index (Phi) is 9.64. The van der Waals surface area contributed by atoms with Gasteiger partial charge in [0.05, 0.1) is 19.8 Å². The number of carboxylic acids is 1. The maximum absolute atomic E-state index is 11.2. The zero-order chi connectivity index (χ0) is 12.2. The molecule has 0 aliphatic carbocycles. The fraction of sp³-hybridized carbons (Fsp3) is 0.800. The van der Waals surface area contributed by atoms with Crippen LogP contribution in [0.5, 0.6) is 0 Å². The molecule has 1 amide bonds. The highest BCUT2D eigenvalue weighted by Gasteiger charge is 2.01. The van der Waals surface area contributed by atoms with E-state index in [0.29, 0.717) is 32.8 Å². The number of hydrogen-bond donors (Lipinski definition) is 2. The van der Waals surface area contributed by atoms with Gasteiger partial charge in [0.15, 0.2) is 0 Å². The minimum absolute atomic E-state index is 0.0740. The maximum atomic E-state index is 11.2. The van der Waals surface area contributed by atoms with Gasteiger partial charge in [0.1, 0.15) is 0 Å². The molecule has 0 aliphatic heterocycles. The molecular formula is C10H19NO5. The molecule has 0 aromatic heterocycles. The normalized spacial score (nSPS) is 10.1. The largest absolute Gasteiger partial charge is 0.481 e. The monoisotopic (exact) mass is 233 g/mol. The van der Waals surface area contributed by atoms with Crippen LogP contribution in [0.2, 0.25) is 0 Å². The molecule has 0 aliphatic rings. The predicted molar refractivity (Wildman–Crippen MR) is 57.2 cm³/mol. The number of carbonyl (C=O) groups excluding carboxylic acids is 1. The molecule has 0 fully saturated rings. The van der Waals surface area contributed by atoms with Gasteiger partial charge in [-0.15, -0.1) is 0 Å². The first kappa shape index (κ1) is 14.9. The lowest BCUT2D eigenvalue weighted by Crippen LogP contribution is -2.26. The molecule has 16 heavy (non-hydrogen) atoms. The van der Waals surface area contributed by atoms with E-state index in [1.54, 1.807) is 7.11 Å². The van der Waals surface area contributed by atoms with Crippen molar-refractivity contribution in [1.82, 2.24) is 5.32 Å². The van der Waals surface area contributed by atoms with Crippen LogP contribution in [0.4, 0.5) is 0 Å². The van der Waals surface area contributed by atoms with Crippen molar-refractivity contribution < 1.29 is 24.2 Å². The van der Waals surface area contributed by atoms with Crippen molar-refractivity contribution in [3.05, 3.63) is 0 Å². The molecule has 0 aromatic carbocycles. The first-order valence-electron chi connectivity index (χ1n) is 5.22. The van der Waals surface area contributed by atoms with Gasteiger partial charge in [0.25, 0.3) is 0 Å². The van der Waals surface area contributed by atoms with Gasteiger partial charge in [-0.2, -0.15) is 0 Å². The second-order valence-corrected chi connectivity index (χ2v) is 3.20. The highest BCUT2D eigenvalue weighted by molar-refractivity contribution is 5.76. The molecule has 0 saturated carbocycles. The van der Waals surface area contributed by atoms with E-state index in [1.165, 1.54) is 0 Å². The van der Waals surface area contributed by atoms with Crippen molar-refractivity contribution in [2.75, 3.05) is 33.5 Å². The molecule has 2 N–H and O–H groups in total. The average Bonchev–Trinajstić information content (AvgIpc) is 2.24. The second-order valence-electron chi connectivity index (χ2n) is 3.20. The Bertz CT molecular complexity index is 207. The molecule has 6 nitrogen and oxygen atoms in total. The van der Waals surface area contributed by atoms with Crippen molar-refractivity contribution in [2.45, 2.75) is 19.3 Å². The summed E-state index contributed by atoms with van der Waals surface area (Å²) in [6.07, 6.45) is 0.813. The molecule has 0 aromatic rings.